The van der Waals surface area contributed by atoms with Crippen LogP contribution in [0, 0.1) is 6.92 Å². The van der Waals surface area contributed by atoms with Crippen LogP contribution in [0.25, 0.3) is 17.0 Å². The van der Waals surface area contributed by atoms with E-state index in [0.717, 1.165) is 11.3 Å². The summed E-state index contributed by atoms with van der Waals surface area (Å²) >= 11 is 0. The molecule has 0 unspecified atom stereocenters. The minimum atomic E-state index is -0.0111. The Labute approximate surface area is 101 Å². The van der Waals surface area contributed by atoms with Crippen LogP contribution in [0.1, 0.15) is 21.6 Å². The SMILES string of the molecule is Cc1c2c(nc3nnnn13)-c1ccccc1C2=O. The van der Waals surface area contributed by atoms with Crippen molar-refractivity contribution in [3.05, 3.63) is 41.1 Å². The van der Waals surface area contributed by atoms with Crippen LogP contribution >= 0.6 is 0 Å². The Bertz CT molecular complexity index is 820. The van der Waals surface area contributed by atoms with Crippen LogP contribution in [0.3, 0.4) is 0 Å². The molecule has 1 aliphatic carbocycles. The fourth-order valence-corrected chi connectivity index (χ4v) is 2.39. The van der Waals surface area contributed by atoms with Crippen LogP contribution in [0.15, 0.2) is 24.3 Å². The van der Waals surface area contributed by atoms with Crippen LogP contribution in [0.5, 0.6) is 0 Å². The standard InChI is InChI=1S/C12H7N5O/c1-6-9-10(13-12-14-15-16-17(6)12)7-4-2-3-5-8(7)11(9)18/h2-5H,1H3. The molecule has 2 heterocycles. The van der Waals surface area contributed by atoms with Crippen molar-refractivity contribution in [2.75, 3.05) is 0 Å². The normalized spacial score (nSPS) is 12.8. The van der Waals surface area contributed by atoms with Crippen LogP contribution in [0.2, 0.25) is 0 Å². The summed E-state index contributed by atoms with van der Waals surface area (Å²) in [7, 11) is 0. The van der Waals surface area contributed by atoms with Gasteiger partial charge in [-0.25, -0.2) is 4.98 Å². The number of fused-ring (bicyclic) bond motifs is 4. The monoisotopic (exact) mass is 237 g/mol. The number of ketones is 1. The Morgan fingerprint density at radius 1 is 1.17 bits per heavy atom. The van der Waals surface area contributed by atoms with E-state index in [-0.39, 0.29) is 5.78 Å². The van der Waals surface area contributed by atoms with E-state index in [1.807, 2.05) is 31.2 Å². The molecule has 0 aliphatic heterocycles. The van der Waals surface area contributed by atoms with Crippen LogP contribution < -0.4 is 0 Å². The summed E-state index contributed by atoms with van der Waals surface area (Å²) in [6.07, 6.45) is 0. The maximum atomic E-state index is 12.4. The fourth-order valence-electron chi connectivity index (χ4n) is 2.39. The molecule has 0 saturated heterocycles. The Hall–Kier alpha value is -2.63. The first kappa shape index (κ1) is 9.41. The second-order valence-corrected chi connectivity index (χ2v) is 4.19. The second-order valence-electron chi connectivity index (χ2n) is 4.19. The lowest BCUT2D eigenvalue weighted by Crippen LogP contribution is -2.06. The molecule has 1 aliphatic rings. The summed E-state index contributed by atoms with van der Waals surface area (Å²) in [5.74, 6) is 0.402. The molecular weight excluding hydrogens is 230 g/mol. The molecule has 2 aromatic heterocycles. The van der Waals surface area contributed by atoms with E-state index < -0.39 is 0 Å². The third-order valence-corrected chi connectivity index (χ3v) is 3.24. The summed E-state index contributed by atoms with van der Waals surface area (Å²) in [5.41, 5.74) is 3.53. The van der Waals surface area contributed by atoms with Gasteiger partial charge in [0.2, 0.25) is 0 Å². The molecule has 0 atom stereocenters. The summed E-state index contributed by atoms with van der Waals surface area (Å²) in [6, 6.07) is 7.45. The van der Waals surface area contributed by atoms with E-state index >= 15 is 0 Å². The van der Waals surface area contributed by atoms with Gasteiger partial charge in [-0.15, -0.1) is 0 Å². The summed E-state index contributed by atoms with van der Waals surface area (Å²) in [4.78, 5) is 16.7. The van der Waals surface area contributed by atoms with Crippen molar-refractivity contribution in [2.24, 2.45) is 0 Å². The summed E-state index contributed by atoms with van der Waals surface area (Å²) in [6.45, 7) is 1.83. The minimum absolute atomic E-state index is 0.0111. The number of tetrazole rings is 1. The van der Waals surface area contributed by atoms with Crippen molar-refractivity contribution < 1.29 is 4.79 Å². The molecule has 0 amide bonds. The van der Waals surface area contributed by atoms with E-state index in [4.69, 9.17) is 0 Å². The third kappa shape index (κ3) is 0.951. The number of rotatable bonds is 0. The molecule has 86 valence electrons. The second kappa shape index (κ2) is 2.98. The molecule has 6 heteroatoms. The van der Waals surface area contributed by atoms with Crippen molar-refractivity contribution in [2.45, 2.75) is 6.92 Å². The van der Waals surface area contributed by atoms with Crippen LogP contribution in [-0.2, 0) is 0 Å². The minimum Gasteiger partial charge on any atom is -0.288 e. The zero-order valence-corrected chi connectivity index (χ0v) is 9.45. The first-order valence-corrected chi connectivity index (χ1v) is 5.50. The first-order valence-electron chi connectivity index (χ1n) is 5.50. The van der Waals surface area contributed by atoms with Crippen LogP contribution in [0.4, 0.5) is 0 Å². The predicted molar refractivity (Wildman–Crippen MR) is 62.2 cm³/mol. The van der Waals surface area contributed by atoms with Crippen molar-refractivity contribution in [3.63, 3.8) is 0 Å². The number of benzene rings is 1. The number of aryl methyl sites for hydroxylation is 1. The summed E-state index contributed by atoms with van der Waals surface area (Å²) < 4.78 is 1.49. The highest BCUT2D eigenvalue weighted by molar-refractivity contribution is 6.21. The number of carbonyl (C=O) groups excluding carboxylic acids is 1. The molecule has 6 nitrogen and oxygen atoms in total. The fraction of sp³-hybridized carbons (Fsp3) is 0.0833. The number of nitrogens with zero attached hydrogens (tertiary/aromatic N) is 5. The first-order chi connectivity index (χ1) is 8.77. The zero-order valence-electron chi connectivity index (χ0n) is 9.45. The maximum Gasteiger partial charge on any atom is 0.274 e. The van der Waals surface area contributed by atoms with Gasteiger partial charge in [-0.3, -0.25) is 4.79 Å². The zero-order chi connectivity index (χ0) is 12.3. The Kier molecular flexibility index (Phi) is 1.56. The highest BCUT2D eigenvalue weighted by Gasteiger charge is 2.31. The third-order valence-electron chi connectivity index (χ3n) is 3.24. The van der Waals surface area contributed by atoms with Gasteiger partial charge < -0.3 is 0 Å². The molecule has 0 radical (unpaired) electrons. The van der Waals surface area contributed by atoms with E-state index in [1.54, 1.807) is 0 Å². The lowest BCUT2D eigenvalue weighted by molar-refractivity contribution is 0.104. The molecule has 0 spiro atoms. The van der Waals surface area contributed by atoms with Gasteiger partial charge in [0.15, 0.2) is 5.78 Å². The lowest BCUT2D eigenvalue weighted by atomic mass is 10.1. The van der Waals surface area contributed by atoms with Gasteiger partial charge in [0.05, 0.1) is 17.0 Å². The molecule has 4 rings (SSSR count). The van der Waals surface area contributed by atoms with Gasteiger partial charge in [0.25, 0.3) is 5.78 Å². The Morgan fingerprint density at radius 3 is 2.78 bits per heavy atom. The Morgan fingerprint density at radius 2 is 1.94 bits per heavy atom. The average molecular weight is 237 g/mol. The quantitative estimate of drug-likeness (QED) is 0.457. The highest BCUT2D eigenvalue weighted by atomic mass is 16.1. The van der Waals surface area contributed by atoms with E-state index in [9.17, 15) is 4.79 Å². The summed E-state index contributed by atoms with van der Waals surface area (Å²) in [5, 5.41) is 11.2. The van der Waals surface area contributed by atoms with E-state index in [2.05, 4.69) is 20.5 Å². The number of hydrogen-bond donors (Lipinski definition) is 0. The van der Waals surface area contributed by atoms with Gasteiger partial charge in [0.1, 0.15) is 0 Å². The smallest absolute Gasteiger partial charge is 0.274 e. The van der Waals surface area contributed by atoms with Crippen molar-refractivity contribution in [1.29, 1.82) is 0 Å². The number of hydrogen-bond acceptors (Lipinski definition) is 5. The van der Waals surface area contributed by atoms with Gasteiger partial charge >= 0.3 is 0 Å². The average Bonchev–Trinajstić information content (AvgIpc) is 2.96. The predicted octanol–water partition coefficient (Wildman–Crippen LogP) is 1.04. The van der Waals surface area contributed by atoms with Crippen molar-refractivity contribution >= 4 is 11.6 Å². The molecule has 1 aromatic carbocycles. The maximum absolute atomic E-state index is 12.4. The molecule has 0 saturated carbocycles. The molecule has 0 bridgehead atoms. The van der Waals surface area contributed by atoms with Gasteiger partial charge in [-0.2, -0.15) is 4.52 Å². The van der Waals surface area contributed by atoms with E-state index in [0.29, 0.717) is 22.6 Å². The largest absolute Gasteiger partial charge is 0.288 e. The van der Waals surface area contributed by atoms with Gasteiger partial charge in [-0.05, 0) is 17.4 Å². The highest BCUT2D eigenvalue weighted by Crippen LogP contribution is 2.36. The number of aromatic nitrogens is 5. The molecule has 18 heavy (non-hydrogen) atoms. The topological polar surface area (TPSA) is 73.0 Å². The molecular formula is C12H7N5O. The van der Waals surface area contributed by atoms with Crippen molar-refractivity contribution in [3.8, 4) is 11.3 Å². The van der Waals surface area contributed by atoms with Crippen LogP contribution in [-0.4, -0.2) is 30.8 Å². The van der Waals surface area contributed by atoms with E-state index in [1.165, 1.54) is 4.52 Å². The van der Waals surface area contributed by atoms with Crippen molar-refractivity contribution in [1.82, 2.24) is 25.0 Å². The van der Waals surface area contributed by atoms with Gasteiger partial charge in [0, 0.05) is 11.1 Å². The lowest BCUT2D eigenvalue weighted by Gasteiger charge is -2.02. The number of carbonyl (C=O) groups is 1. The molecule has 3 aromatic rings. The molecule has 0 N–H and O–H groups in total. The molecule has 0 fully saturated rings. The Balaban J connectivity index is 2.21. The van der Waals surface area contributed by atoms with Gasteiger partial charge in [-0.1, -0.05) is 29.4 Å².